The van der Waals surface area contributed by atoms with Crippen LogP contribution in [0.25, 0.3) is 0 Å². The lowest BCUT2D eigenvalue weighted by molar-refractivity contribution is -0.453. The summed E-state index contributed by atoms with van der Waals surface area (Å²) in [6.07, 6.45) is 2.47. The monoisotopic (exact) mass is 294 g/mol. The molecule has 1 saturated carbocycles. The number of ether oxygens (including phenoxy) is 1. The SMILES string of the molecule is CC1CCC(OC(=O)OOOC(=O)c2ccccc2)CC1. The summed E-state index contributed by atoms with van der Waals surface area (Å²) in [7, 11) is 0. The second-order valence-corrected chi connectivity index (χ2v) is 5.14. The van der Waals surface area contributed by atoms with Gasteiger partial charge in [0.15, 0.2) is 0 Å². The predicted octanol–water partition coefficient (Wildman–Crippen LogP) is 3.42. The molecule has 0 aromatic heterocycles. The molecular formula is C15H18O6. The second-order valence-electron chi connectivity index (χ2n) is 5.14. The van der Waals surface area contributed by atoms with Gasteiger partial charge in [-0.25, -0.2) is 14.5 Å². The van der Waals surface area contributed by atoms with Gasteiger partial charge in [0.2, 0.25) is 0 Å². The fourth-order valence-corrected chi connectivity index (χ4v) is 2.20. The average molecular weight is 294 g/mol. The summed E-state index contributed by atoms with van der Waals surface area (Å²) in [5.41, 5.74) is 0.288. The number of benzene rings is 1. The Morgan fingerprint density at radius 2 is 1.67 bits per heavy atom. The molecule has 0 amide bonds. The lowest BCUT2D eigenvalue weighted by Crippen LogP contribution is -2.24. The summed E-state index contributed by atoms with van der Waals surface area (Å²) >= 11 is 0. The first-order chi connectivity index (χ1) is 10.1. The fraction of sp³-hybridized carbons (Fsp3) is 0.467. The molecule has 0 radical (unpaired) electrons. The van der Waals surface area contributed by atoms with Crippen molar-refractivity contribution in [3.63, 3.8) is 0 Å². The largest absolute Gasteiger partial charge is 0.543 e. The molecule has 0 heterocycles. The summed E-state index contributed by atoms with van der Waals surface area (Å²) in [5.74, 6) is -0.0983. The fourth-order valence-electron chi connectivity index (χ4n) is 2.20. The maximum atomic E-state index is 11.5. The van der Waals surface area contributed by atoms with E-state index in [1.807, 2.05) is 0 Å². The molecule has 1 aliphatic rings. The summed E-state index contributed by atoms with van der Waals surface area (Å²) in [6, 6.07) is 8.21. The smallest absolute Gasteiger partial charge is 0.429 e. The van der Waals surface area contributed by atoms with Crippen LogP contribution in [0.2, 0.25) is 0 Å². The molecule has 1 aromatic carbocycles. The predicted molar refractivity (Wildman–Crippen MR) is 71.9 cm³/mol. The second kappa shape index (κ2) is 7.64. The van der Waals surface area contributed by atoms with Crippen LogP contribution in [0, 0.1) is 5.92 Å². The van der Waals surface area contributed by atoms with E-state index in [4.69, 9.17) is 4.74 Å². The normalized spacial score (nSPS) is 21.4. The van der Waals surface area contributed by atoms with Crippen LogP contribution >= 0.6 is 0 Å². The van der Waals surface area contributed by atoms with Gasteiger partial charge >= 0.3 is 12.1 Å². The Labute approximate surface area is 122 Å². The van der Waals surface area contributed by atoms with Crippen molar-refractivity contribution in [3.8, 4) is 0 Å². The van der Waals surface area contributed by atoms with E-state index in [-0.39, 0.29) is 11.7 Å². The minimum atomic E-state index is -1.00. The number of hydrogen-bond acceptors (Lipinski definition) is 6. The number of hydrogen-bond donors (Lipinski definition) is 0. The van der Waals surface area contributed by atoms with Gasteiger partial charge in [0.1, 0.15) is 6.10 Å². The number of carbonyl (C=O) groups is 2. The molecule has 2 rings (SSSR count). The van der Waals surface area contributed by atoms with Gasteiger partial charge in [-0.15, -0.1) is 0 Å². The molecule has 6 nitrogen and oxygen atoms in total. The van der Waals surface area contributed by atoms with Crippen molar-refractivity contribution in [2.45, 2.75) is 38.7 Å². The van der Waals surface area contributed by atoms with Gasteiger partial charge < -0.3 is 4.74 Å². The van der Waals surface area contributed by atoms with E-state index in [9.17, 15) is 9.59 Å². The molecule has 0 N–H and O–H groups in total. The molecule has 1 aliphatic carbocycles. The zero-order valence-electron chi connectivity index (χ0n) is 11.8. The lowest BCUT2D eigenvalue weighted by Gasteiger charge is -2.24. The Morgan fingerprint density at radius 1 is 1.00 bits per heavy atom. The first-order valence-corrected chi connectivity index (χ1v) is 6.96. The molecule has 1 fully saturated rings. The van der Waals surface area contributed by atoms with Gasteiger partial charge in [0.25, 0.3) is 0 Å². The van der Waals surface area contributed by atoms with Crippen molar-refractivity contribution in [2.75, 3.05) is 0 Å². The highest BCUT2D eigenvalue weighted by Gasteiger charge is 2.23. The van der Waals surface area contributed by atoms with Crippen molar-refractivity contribution in [1.29, 1.82) is 0 Å². The standard InChI is InChI=1S/C15H18O6/c1-11-7-9-13(10-8-11)18-15(17)20-21-19-14(16)12-5-3-2-4-6-12/h2-6,11,13H,7-10H2,1H3. The van der Waals surface area contributed by atoms with E-state index in [2.05, 4.69) is 21.7 Å². The molecule has 0 unspecified atom stereocenters. The van der Waals surface area contributed by atoms with E-state index in [1.54, 1.807) is 30.3 Å². The van der Waals surface area contributed by atoms with Crippen LogP contribution in [0.3, 0.4) is 0 Å². The first kappa shape index (κ1) is 15.3. The van der Waals surface area contributed by atoms with E-state index in [1.165, 1.54) is 0 Å². The van der Waals surface area contributed by atoms with Crippen molar-refractivity contribution in [1.82, 2.24) is 0 Å². The Hall–Kier alpha value is -2.08. The highest BCUT2D eigenvalue weighted by Crippen LogP contribution is 2.25. The van der Waals surface area contributed by atoms with Gasteiger partial charge in [-0.1, -0.05) is 25.1 Å². The van der Waals surface area contributed by atoms with Crippen molar-refractivity contribution in [3.05, 3.63) is 35.9 Å². The zero-order valence-corrected chi connectivity index (χ0v) is 11.8. The van der Waals surface area contributed by atoms with E-state index in [0.29, 0.717) is 5.92 Å². The van der Waals surface area contributed by atoms with Crippen molar-refractivity contribution in [2.24, 2.45) is 5.92 Å². The Kier molecular flexibility index (Phi) is 5.57. The molecule has 1 aromatic rings. The quantitative estimate of drug-likeness (QED) is 0.481. The van der Waals surface area contributed by atoms with Crippen LogP contribution in [0.1, 0.15) is 43.0 Å². The third kappa shape index (κ3) is 5.07. The van der Waals surface area contributed by atoms with E-state index >= 15 is 0 Å². The minimum absolute atomic E-state index is 0.165. The van der Waals surface area contributed by atoms with Crippen LogP contribution in [-0.4, -0.2) is 18.2 Å². The highest BCUT2D eigenvalue weighted by molar-refractivity contribution is 5.88. The van der Waals surface area contributed by atoms with Gasteiger partial charge in [0, 0.05) is 0 Å². The van der Waals surface area contributed by atoms with Crippen LogP contribution in [0.15, 0.2) is 30.3 Å². The molecule has 0 spiro atoms. The van der Waals surface area contributed by atoms with Gasteiger partial charge in [-0.2, -0.15) is 0 Å². The Morgan fingerprint density at radius 3 is 2.33 bits per heavy atom. The summed E-state index contributed by atoms with van der Waals surface area (Å²) in [4.78, 5) is 31.4. The van der Waals surface area contributed by atoms with Crippen LogP contribution in [-0.2, 0) is 19.6 Å². The van der Waals surface area contributed by atoms with Crippen LogP contribution in [0.4, 0.5) is 4.79 Å². The third-order valence-corrected chi connectivity index (χ3v) is 3.45. The highest BCUT2D eigenvalue weighted by atomic mass is 17.5. The number of carbonyl (C=O) groups excluding carboxylic acids is 2. The molecular weight excluding hydrogens is 276 g/mol. The first-order valence-electron chi connectivity index (χ1n) is 6.96. The lowest BCUT2D eigenvalue weighted by atomic mass is 9.89. The molecule has 21 heavy (non-hydrogen) atoms. The molecule has 0 atom stereocenters. The number of rotatable bonds is 4. The van der Waals surface area contributed by atoms with Gasteiger partial charge in [-0.05, 0) is 43.7 Å². The minimum Gasteiger partial charge on any atom is -0.429 e. The van der Waals surface area contributed by atoms with Gasteiger partial charge in [-0.3, -0.25) is 4.89 Å². The third-order valence-electron chi connectivity index (χ3n) is 3.45. The summed E-state index contributed by atoms with van der Waals surface area (Å²) < 4.78 is 5.05. The zero-order chi connectivity index (χ0) is 15.1. The summed E-state index contributed by atoms with van der Waals surface area (Å²) in [5, 5.41) is 4.15. The average Bonchev–Trinajstić information content (AvgIpc) is 2.50. The molecule has 0 aliphatic heterocycles. The molecule has 6 heteroatoms. The molecule has 114 valence electrons. The topological polar surface area (TPSA) is 71.1 Å². The summed E-state index contributed by atoms with van der Waals surface area (Å²) in [6.45, 7) is 2.17. The molecule has 0 bridgehead atoms. The Bertz CT molecular complexity index is 464. The molecule has 0 saturated heterocycles. The Balaban J connectivity index is 1.64. The van der Waals surface area contributed by atoms with Crippen LogP contribution in [0.5, 0.6) is 0 Å². The van der Waals surface area contributed by atoms with E-state index < -0.39 is 12.1 Å². The van der Waals surface area contributed by atoms with Crippen molar-refractivity contribution < 1.29 is 29.1 Å². The maximum absolute atomic E-state index is 11.5. The van der Waals surface area contributed by atoms with Crippen LogP contribution < -0.4 is 0 Å². The maximum Gasteiger partial charge on any atom is 0.543 e. The van der Waals surface area contributed by atoms with E-state index in [0.717, 1.165) is 25.7 Å². The van der Waals surface area contributed by atoms with Crippen molar-refractivity contribution >= 4 is 12.1 Å². The van der Waals surface area contributed by atoms with Gasteiger partial charge in [0.05, 0.1) is 10.6 Å².